The Balaban J connectivity index is 2.18. The molecule has 1 aliphatic heterocycles. The number of hydrogen-bond acceptors (Lipinski definition) is 6. The van der Waals surface area contributed by atoms with Crippen molar-refractivity contribution in [2.24, 2.45) is 5.73 Å². The van der Waals surface area contributed by atoms with E-state index in [-0.39, 0.29) is 18.8 Å². The number of anilines is 1. The highest BCUT2D eigenvalue weighted by Gasteiger charge is 2.34. The molecule has 0 saturated carbocycles. The number of ether oxygens (including phenoxy) is 1. The zero-order chi connectivity index (χ0) is 14.0. The molecule has 0 aliphatic carbocycles. The van der Waals surface area contributed by atoms with Crippen molar-refractivity contribution in [2.75, 3.05) is 11.9 Å². The Labute approximate surface area is 107 Å². The molecule has 0 bridgehead atoms. The third-order valence-corrected chi connectivity index (χ3v) is 2.78. The lowest BCUT2D eigenvalue weighted by molar-refractivity contribution is -0.0458. The van der Waals surface area contributed by atoms with Gasteiger partial charge in [0.05, 0.1) is 12.7 Å². The summed E-state index contributed by atoms with van der Waals surface area (Å²) >= 11 is 0. The molecule has 0 radical (unpaired) electrons. The van der Waals surface area contributed by atoms with Gasteiger partial charge in [0.25, 0.3) is 0 Å². The maximum atomic E-state index is 11.7. The SMILES string of the molecule is NC(=O)Nc1ccn([C@H]2C[C@H](O)[C@@H](CO)O2)c(=O)n1. The average Bonchev–Trinajstić information content (AvgIpc) is 2.69. The summed E-state index contributed by atoms with van der Waals surface area (Å²) < 4.78 is 6.49. The number of aliphatic hydroxyl groups excluding tert-OH is 2. The number of amides is 2. The van der Waals surface area contributed by atoms with Crippen molar-refractivity contribution in [3.05, 3.63) is 22.7 Å². The minimum Gasteiger partial charge on any atom is -0.394 e. The van der Waals surface area contributed by atoms with E-state index in [2.05, 4.69) is 10.3 Å². The molecule has 1 aromatic heterocycles. The largest absolute Gasteiger partial charge is 0.394 e. The standard InChI is InChI=1S/C10H14N4O5/c11-9(17)12-7-1-2-14(10(18)13-7)8-3-5(16)6(4-15)19-8/h1-2,5-6,8,15-16H,3-4H2,(H3,11,12,13,17,18)/t5-,6+,8+/m0/s1. The number of nitrogens with one attached hydrogen (secondary N) is 1. The summed E-state index contributed by atoms with van der Waals surface area (Å²) in [6.45, 7) is -0.332. The van der Waals surface area contributed by atoms with Crippen LogP contribution in [0.4, 0.5) is 10.6 Å². The topological polar surface area (TPSA) is 140 Å². The predicted molar refractivity (Wildman–Crippen MR) is 63.3 cm³/mol. The van der Waals surface area contributed by atoms with Crippen LogP contribution in [0.5, 0.6) is 0 Å². The number of urea groups is 1. The minimum absolute atomic E-state index is 0.0333. The molecule has 1 aliphatic rings. The maximum absolute atomic E-state index is 11.7. The van der Waals surface area contributed by atoms with E-state index in [1.807, 2.05) is 0 Å². The van der Waals surface area contributed by atoms with Gasteiger partial charge in [-0.3, -0.25) is 9.88 Å². The van der Waals surface area contributed by atoms with Crippen molar-refractivity contribution in [3.8, 4) is 0 Å². The van der Waals surface area contributed by atoms with E-state index in [9.17, 15) is 14.7 Å². The van der Waals surface area contributed by atoms with Crippen molar-refractivity contribution >= 4 is 11.8 Å². The van der Waals surface area contributed by atoms with Crippen LogP contribution in [0.3, 0.4) is 0 Å². The first kappa shape index (κ1) is 13.5. The number of carbonyl (C=O) groups excluding carboxylic acids is 1. The number of carbonyl (C=O) groups is 1. The highest BCUT2D eigenvalue weighted by molar-refractivity contribution is 5.86. The lowest BCUT2D eigenvalue weighted by Crippen LogP contribution is -2.29. The molecule has 1 saturated heterocycles. The van der Waals surface area contributed by atoms with E-state index in [4.69, 9.17) is 15.6 Å². The van der Waals surface area contributed by atoms with Crippen molar-refractivity contribution in [1.82, 2.24) is 9.55 Å². The van der Waals surface area contributed by atoms with Crippen LogP contribution < -0.4 is 16.7 Å². The van der Waals surface area contributed by atoms with Crippen molar-refractivity contribution in [1.29, 1.82) is 0 Å². The first-order chi connectivity index (χ1) is 9.01. The molecule has 2 rings (SSSR count). The summed E-state index contributed by atoms with van der Waals surface area (Å²) in [4.78, 5) is 26.0. The molecule has 0 unspecified atom stereocenters. The number of nitrogens with zero attached hydrogens (tertiary/aromatic N) is 2. The third kappa shape index (κ3) is 2.89. The highest BCUT2D eigenvalue weighted by Crippen LogP contribution is 2.27. The van der Waals surface area contributed by atoms with E-state index in [0.717, 1.165) is 0 Å². The number of nitrogens with two attached hydrogens (primary N) is 1. The van der Waals surface area contributed by atoms with Crippen molar-refractivity contribution in [2.45, 2.75) is 24.9 Å². The molecule has 0 spiro atoms. The number of aromatic nitrogens is 2. The van der Waals surface area contributed by atoms with E-state index < -0.39 is 30.2 Å². The summed E-state index contributed by atoms with van der Waals surface area (Å²) in [7, 11) is 0. The lowest BCUT2D eigenvalue weighted by Gasteiger charge is -2.14. The molecule has 19 heavy (non-hydrogen) atoms. The van der Waals surface area contributed by atoms with Crippen LogP contribution in [0, 0.1) is 0 Å². The zero-order valence-electron chi connectivity index (χ0n) is 9.89. The van der Waals surface area contributed by atoms with E-state index >= 15 is 0 Å². The van der Waals surface area contributed by atoms with Gasteiger partial charge in [0.1, 0.15) is 18.1 Å². The fourth-order valence-electron chi connectivity index (χ4n) is 1.88. The fraction of sp³-hybridized carbons (Fsp3) is 0.500. The van der Waals surface area contributed by atoms with Gasteiger partial charge in [-0.25, -0.2) is 9.59 Å². The molecule has 2 heterocycles. The molecule has 5 N–H and O–H groups in total. The summed E-state index contributed by atoms with van der Waals surface area (Å²) in [6, 6.07) is 0.561. The number of hydrogen-bond donors (Lipinski definition) is 4. The normalized spacial score (nSPS) is 26.3. The Hall–Kier alpha value is -1.97. The number of aliphatic hydroxyl groups is 2. The van der Waals surface area contributed by atoms with Crippen LogP contribution >= 0.6 is 0 Å². The van der Waals surface area contributed by atoms with Gasteiger partial charge in [-0.15, -0.1) is 0 Å². The molecule has 2 amide bonds. The molecule has 9 heteroatoms. The zero-order valence-corrected chi connectivity index (χ0v) is 9.89. The van der Waals surface area contributed by atoms with Crippen LogP contribution in [0.15, 0.2) is 17.1 Å². The molecule has 104 valence electrons. The van der Waals surface area contributed by atoms with E-state index in [0.29, 0.717) is 0 Å². The van der Waals surface area contributed by atoms with E-state index in [1.54, 1.807) is 0 Å². The summed E-state index contributed by atoms with van der Waals surface area (Å²) in [5.41, 5.74) is 4.25. The molecule has 3 atom stereocenters. The molecule has 0 aromatic carbocycles. The fourth-order valence-corrected chi connectivity index (χ4v) is 1.88. The van der Waals surface area contributed by atoms with Crippen LogP contribution in [-0.2, 0) is 4.74 Å². The van der Waals surface area contributed by atoms with Crippen molar-refractivity contribution in [3.63, 3.8) is 0 Å². The van der Waals surface area contributed by atoms with Gasteiger partial charge >= 0.3 is 11.7 Å². The van der Waals surface area contributed by atoms with Gasteiger partial charge in [-0.05, 0) is 6.07 Å². The molecular formula is C10H14N4O5. The van der Waals surface area contributed by atoms with E-state index in [1.165, 1.54) is 16.8 Å². The van der Waals surface area contributed by atoms with Gasteiger partial charge in [0.15, 0.2) is 0 Å². The highest BCUT2D eigenvalue weighted by atomic mass is 16.5. The Morgan fingerprint density at radius 2 is 2.42 bits per heavy atom. The molecule has 1 fully saturated rings. The average molecular weight is 270 g/mol. The van der Waals surface area contributed by atoms with Crippen LogP contribution in [-0.4, -0.2) is 44.6 Å². The molecule has 9 nitrogen and oxygen atoms in total. The van der Waals surface area contributed by atoms with Gasteiger partial charge in [0, 0.05) is 12.6 Å². The smallest absolute Gasteiger partial charge is 0.351 e. The van der Waals surface area contributed by atoms with Crippen LogP contribution in [0.2, 0.25) is 0 Å². The third-order valence-electron chi connectivity index (χ3n) is 2.78. The molecule has 1 aromatic rings. The second-order valence-electron chi connectivity index (χ2n) is 4.11. The number of rotatable bonds is 3. The maximum Gasteiger partial charge on any atom is 0.351 e. The first-order valence-corrected chi connectivity index (χ1v) is 5.61. The summed E-state index contributed by atoms with van der Waals surface area (Å²) in [5.74, 6) is 0.0333. The predicted octanol–water partition coefficient (Wildman–Crippen LogP) is -1.63. The van der Waals surface area contributed by atoms with Crippen LogP contribution in [0.25, 0.3) is 0 Å². The van der Waals surface area contributed by atoms with Gasteiger partial charge in [-0.2, -0.15) is 4.98 Å². The van der Waals surface area contributed by atoms with Gasteiger partial charge in [-0.1, -0.05) is 0 Å². The Morgan fingerprint density at radius 3 is 2.95 bits per heavy atom. The van der Waals surface area contributed by atoms with Gasteiger partial charge in [0.2, 0.25) is 0 Å². The first-order valence-electron chi connectivity index (χ1n) is 5.61. The van der Waals surface area contributed by atoms with Crippen LogP contribution in [0.1, 0.15) is 12.6 Å². The number of primary amides is 1. The Morgan fingerprint density at radius 1 is 1.68 bits per heavy atom. The Kier molecular flexibility index (Phi) is 3.79. The lowest BCUT2D eigenvalue weighted by atomic mass is 10.2. The summed E-state index contributed by atoms with van der Waals surface area (Å²) in [5, 5.41) is 20.7. The monoisotopic (exact) mass is 270 g/mol. The minimum atomic E-state index is -0.842. The van der Waals surface area contributed by atoms with Crippen molar-refractivity contribution < 1.29 is 19.7 Å². The summed E-state index contributed by atoms with van der Waals surface area (Å²) in [6.07, 6.45) is -0.715. The Bertz CT molecular complexity index is 531. The van der Waals surface area contributed by atoms with Gasteiger partial charge < -0.3 is 20.7 Å². The molecular weight excluding hydrogens is 256 g/mol. The second-order valence-corrected chi connectivity index (χ2v) is 4.11. The quantitative estimate of drug-likeness (QED) is 0.520. The second kappa shape index (κ2) is 5.34.